The molecule has 0 aromatic rings. The van der Waals surface area contributed by atoms with E-state index in [4.69, 9.17) is 21.7 Å². The molecule has 0 radical (unpaired) electrons. The number of carboxylic acid groups (broad SMARTS) is 2. The van der Waals surface area contributed by atoms with Gasteiger partial charge in [0, 0.05) is 12.0 Å². The van der Waals surface area contributed by atoms with E-state index in [1.54, 1.807) is 0 Å². The van der Waals surface area contributed by atoms with E-state index < -0.39 is 35.4 Å². The largest absolute Gasteiger partial charge is 0.481 e. The van der Waals surface area contributed by atoms with Crippen molar-refractivity contribution < 1.29 is 19.8 Å². The molecule has 0 heterocycles. The Morgan fingerprint density at radius 3 is 2.36 bits per heavy atom. The molecule has 14 heavy (non-hydrogen) atoms. The highest BCUT2D eigenvalue weighted by molar-refractivity contribution is 5.86. The minimum absolute atomic E-state index is 0.149. The zero-order valence-electron chi connectivity index (χ0n) is 7.38. The summed E-state index contributed by atoms with van der Waals surface area (Å²) in [6.45, 7) is 0. The van der Waals surface area contributed by atoms with Gasteiger partial charge in [0.2, 0.25) is 0 Å². The second-order valence-electron chi connectivity index (χ2n) is 4.13. The Morgan fingerprint density at radius 2 is 1.93 bits per heavy atom. The van der Waals surface area contributed by atoms with E-state index in [1.165, 1.54) is 0 Å². The first kappa shape index (κ1) is 9.42. The predicted octanol–water partition coefficient (Wildman–Crippen LogP) is -1.55. The van der Waals surface area contributed by atoms with Crippen LogP contribution in [0.4, 0.5) is 0 Å². The van der Waals surface area contributed by atoms with Crippen LogP contribution in [0.15, 0.2) is 0 Å². The molecule has 78 valence electrons. The van der Waals surface area contributed by atoms with Gasteiger partial charge in [0.1, 0.15) is 5.54 Å². The fraction of sp³-hybridized carbons (Fsp3) is 0.750. The summed E-state index contributed by atoms with van der Waals surface area (Å²) in [4.78, 5) is 21.6. The van der Waals surface area contributed by atoms with E-state index in [0.29, 0.717) is 6.42 Å². The van der Waals surface area contributed by atoms with Crippen molar-refractivity contribution in [3.05, 3.63) is 0 Å². The van der Waals surface area contributed by atoms with Crippen molar-refractivity contribution in [3.63, 3.8) is 0 Å². The Labute approximate surface area is 79.9 Å². The maximum absolute atomic E-state index is 10.9. The maximum atomic E-state index is 10.9. The smallest absolute Gasteiger partial charge is 0.325 e. The van der Waals surface area contributed by atoms with Crippen LogP contribution in [-0.4, -0.2) is 33.7 Å². The average Bonchev–Trinajstić information content (AvgIpc) is 2.70. The summed E-state index contributed by atoms with van der Waals surface area (Å²) in [6, 6.07) is -0.634. The lowest BCUT2D eigenvalue weighted by molar-refractivity contribution is -0.145. The molecular weight excluding hydrogens is 188 g/mol. The molecule has 5 unspecified atom stereocenters. The molecular formula is C8H12N2O4. The van der Waals surface area contributed by atoms with Gasteiger partial charge in [-0.3, -0.25) is 9.59 Å². The molecule has 0 spiro atoms. The standard InChI is InChI=1S/C8H12N2O4/c9-3-1-2-4(6(11)12)5(2)8(3,10)7(13)14/h2-5H,1,9-10H2,(H,11,12)(H,13,14). The fourth-order valence-electron chi connectivity index (χ4n) is 2.69. The van der Waals surface area contributed by atoms with E-state index in [1.807, 2.05) is 0 Å². The van der Waals surface area contributed by atoms with Gasteiger partial charge in [0.05, 0.1) is 5.92 Å². The first-order chi connectivity index (χ1) is 6.40. The topological polar surface area (TPSA) is 127 Å². The number of nitrogens with two attached hydrogens (primary N) is 2. The van der Waals surface area contributed by atoms with Crippen LogP contribution in [0, 0.1) is 17.8 Å². The molecule has 0 amide bonds. The number of carboxylic acids is 2. The van der Waals surface area contributed by atoms with Crippen LogP contribution in [-0.2, 0) is 9.59 Å². The normalized spacial score (nSPS) is 49.9. The number of hydrogen-bond acceptors (Lipinski definition) is 4. The fourth-order valence-corrected chi connectivity index (χ4v) is 2.69. The third-order valence-corrected chi connectivity index (χ3v) is 3.52. The number of fused-ring (bicyclic) bond motifs is 1. The summed E-state index contributed by atoms with van der Waals surface area (Å²) in [6.07, 6.45) is 0.393. The lowest BCUT2D eigenvalue weighted by Gasteiger charge is -2.27. The van der Waals surface area contributed by atoms with Crippen molar-refractivity contribution in [2.24, 2.45) is 29.2 Å². The zero-order valence-corrected chi connectivity index (χ0v) is 7.38. The lowest BCUT2D eigenvalue weighted by atomic mass is 9.87. The van der Waals surface area contributed by atoms with Crippen molar-refractivity contribution in [3.8, 4) is 0 Å². The SMILES string of the molecule is NC1CC2C(C(=O)O)C2C1(N)C(=O)O. The molecule has 2 aliphatic carbocycles. The minimum atomic E-state index is -1.55. The summed E-state index contributed by atoms with van der Waals surface area (Å²) in [5, 5.41) is 17.7. The van der Waals surface area contributed by atoms with E-state index >= 15 is 0 Å². The van der Waals surface area contributed by atoms with E-state index in [9.17, 15) is 9.59 Å². The molecule has 0 aliphatic heterocycles. The first-order valence-corrected chi connectivity index (χ1v) is 4.41. The highest BCUT2D eigenvalue weighted by Gasteiger charge is 2.73. The second kappa shape index (κ2) is 2.46. The minimum Gasteiger partial charge on any atom is -0.481 e. The van der Waals surface area contributed by atoms with Crippen molar-refractivity contribution in [2.45, 2.75) is 18.0 Å². The molecule has 6 nitrogen and oxygen atoms in total. The first-order valence-electron chi connectivity index (χ1n) is 4.41. The molecule has 2 rings (SSSR count). The van der Waals surface area contributed by atoms with Gasteiger partial charge in [-0.05, 0) is 12.3 Å². The highest BCUT2D eigenvalue weighted by atomic mass is 16.4. The van der Waals surface area contributed by atoms with Crippen molar-refractivity contribution in [1.29, 1.82) is 0 Å². The van der Waals surface area contributed by atoms with Crippen LogP contribution in [0.3, 0.4) is 0 Å². The van der Waals surface area contributed by atoms with Crippen LogP contribution in [0.2, 0.25) is 0 Å². The molecule has 0 bridgehead atoms. The van der Waals surface area contributed by atoms with E-state index in [0.717, 1.165) is 0 Å². The number of rotatable bonds is 2. The number of hydrogen-bond donors (Lipinski definition) is 4. The zero-order chi connectivity index (χ0) is 10.7. The van der Waals surface area contributed by atoms with Crippen LogP contribution in [0.5, 0.6) is 0 Å². The Hall–Kier alpha value is -1.14. The predicted molar refractivity (Wildman–Crippen MR) is 45.3 cm³/mol. The maximum Gasteiger partial charge on any atom is 0.325 e. The van der Waals surface area contributed by atoms with Gasteiger partial charge < -0.3 is 21.7 Å². The van der Waals surface area contributed by atoms with Crippen molar-refractivity contribution in [1.82, 2.24) is 0 Å². The Bertz CT molecular complexity index is 318. The molecule has 2 fully saturated rings. The quantitative estimate of drug-likeness (QED) is 0.427. The second-order valence-corrected chi connectivity index (χ2v) is 4.13. The number of aliphatic carboxylic acids is 2. The van der Waals surface area contributed by atoms with Gasteiger partial charge in [0.15, 0.2) is 0 Å². The van der Waals surface area contributed by atoms with Gasteiger partial charge in [0.25, 0.3) is 0 Å². The molecule has 2 aliphatic rings. The van der Waals surface area contributed by atoms with Crippen molar-refractivity contribution in [2.75, 3.05) is 0 Å². The molecule has 0 aromatic heterocycles. The molecule has 6 heteroatoms. The van der Waals surface area contributed by atoms with Gasteiger partial charge in [-0.2, -0.15) is 0 Å². The van der Waals surface area contributed by atoms with Gasteiger partial charge in [-0.25, -0.2) is 0 Å². The summed E-state index contributed by atoms with van der Waals surface area (Å²) in [5.74, 6) is -3.42. The van der Waals surface area contributed by atoms with Crippen LogP contribution >= 0.6 is 0 Å². The van der Waals surface area contributed by atoms with Gasteiger partial charge in [-0.15, -0.1) is 0 Å². The Balaban J connectivity index is 2.26. The summed E-state index contributed by atoms with van der Waals surface area (Å²) >= 11 is 0. The molecule has 0 aromatic carbocycles. The van der Waals surface area contributed by atoms with E-state index in [2.05, 4.69) is 0 Å². The third-order valence-electron chi connectivity index (χ3n) is 3.52. The summed E-state index contributed by atoms with van der Waals surface area (Å²) in [5.41, 5.74) is 9.72. The lowest BCUT2D eigenvalue weighted by Crippen LogP contribution is -2.61. The Morgan fingerprint density at radius 1 is 1.36 bits per heavy atom. The van der Waals surface area contributed by atoms with Crippen molar-refractivity contribution >= 4 is 11.9 Å². The number of carbonyl (C=O) groups is 2. The average molecular weight is 200 g/mol. The molecule has 2 saturated carbocycles. The Kier molecular flexibility index (Phi) is 1.65. The van der Waals surface area contributed by atoms with E-state index in [-0.39, 0.29) is 5.92 Å². The molecule has 5 atom stereocenters. The van der Waals surface area contributed by atoms with Crippen LogP contribution in [0.25, 0.3) is 0 Å². The third kappa shape index (κ3) is 0.869. The van der Waals surface area contributed by atoms with Crippen LogP contribution in [0.1, 0.15) is 6.42 Å². The summed E-state index contributed by atoms with van der Waals surface area (Å²) < 4.78 is 0. The summed E-state index contributed by atoms with van der Waals surface area (Å²) in [7, 11) is 0. The van der Waals surface area contributed by atoms with Gasteiger partial charge in [-0.1, -0.05) is 0 Å². The van der Waals surface area contributed by atoms with Gasteiger partial charge >= 0.3 is 11.9 Å². The van der Waals surface area contributed by atoms with Crippen LogP contribution < -0.4 is 11.5 Å². The molecule has 6 N–H and O–H groups in total. The monoisotopic (exact) mass is 200 g/mol. The highest BCUT2D eigenvalue weighted by Crippen LogP contribution is 2.60. The molecule has 0 saturated heterocycles.